The summed E-state index contributed by atoms with van der Waals surface area (Å²) in [5.41, 5.74) is 6.60. The monoisotopic (exact) mass is 244 g/mol. The predicted molar refractivity (Wildman–Crippen MR) is 73.8 cm³/mol. The van der Waals surface area contributed by atoms with Crippen LogP contribution in [0.25, 0.3) is 0 Å². The largest absolute Gasteiger partial charge is 0.342 e. The van der Waals surface area contributed by atoms with Gasteiger partial charge in [0.05, 0.1) is 12.0 Å². The molecular formula is C15H20N2O. The van der Waals surface area contributed by atoms with E-state index in [2.05, 4.69) is 11.2 Å². The Morgan fingerprint density at radius 1 is 1.39 bits per heavy atom. The molecule has 3 N–H and O–H groups in total. The molecule has 0 radical (unpaired) electrons. The summed E-state index contributed by atoms with van der Waals surface area (Å²) in [6.45, 7) is 4.22. The highest BCUT2D eigenvalue weighted by molar-refractivity contribution is 5.84. The summed E-state index contributed by atoms with van der Waals surface area (Å²) < 4.78 is 0. The number of nitrogens with two attached hydrogens (primary N) is 1. The van der Waals surface area contributed by atoms with Crippen LogP contribution in [-0.4, -0.2) is 18.5 Å². The fourth-order valence-corrected chi connectivity index (χ4v) is 1.73. The number of amides is 1. The van der Waals surface area contributed by atoms with E-state index in [1.165, 1.54) is 0 Å². The van der Waals surface area contributed by atoms with Crippen LogP contribution in [0.4, 0.5) is 0 Å². The van der Waals surface area contributed by atoms with Crippen LogP contribution in [0.3, 0.4) is 0 Å². The molecule has 96 valence electrons. The van der Waals surface area contributed by atoms with Crippen molar-refractivity contribution in [1.29, 1.82) is 0 Å². The van der Waals surface area contributed by atoms with Crippen molar-refractivity contribution in [2.24, 2.45) is 11.7 Å². The third kappa shape index (κ3) is 3.61. The van der Waals surface area contributed by atoms with Gasteiger partial charge in [-0.1, -0.05) is 50.1 Å². The Morgan fingerprint density at radius 3 is 2.44 bits per heavy atom. The van der Waals surface area contributed by atoms with Gasteiger partial charge in [0, 0.05) is 6.54 Å². The molecule has 0 aliphatic carbocycles. The summed E-state index contributed by atoms with van der Waals surface area (Å²) in [5.74, 6) is 2.33. The third-order valence-corrected chi connectivity index (χ3v) is 2.90. The summed E-state index contributed by atoms with van der Waals surface area (Å²) in [5, 5.41) is 2.86. The minimum Gasteiger partial charge on any atom is -0.342 e. The standard InChI is InChI=1S/C15H20N2O/c1-4-14(11(2)3)17-15(18)13(10-16)12-8-6-5-7-9-12/h1,5-9,11,13-14H,10,16H2,2-3H3,(H,17,18). The molecule has 18 heavy (non-hydrogen) atoms. The Balaban J connectivity index is 2.79. The molecule has 3 heteroatoms. The van der Waals surface area contributed by atoms with E-state index in [4.69, 9.17) is 12.2 Å². The lowest BCUT2D eigenvalue weighted by molar-refractivity contribution is -0.123. The van der Waals surface area contributed by atoms with Crippen molar-refractivity contribution in [3.63, 3.8) is 0 Å². The molecule has 0 aliphatic heterocycles. The van der Waals surface area contributed by atoms with Gasteiger partial charge in [0.15, 0.2) is 0 Å². The van der Waals surface area contributed by atoms with Gasteiger partial charge in [-0.3, -0.25) is 4.79 Å². The molecule has 0 heterocycles. The zero-order chi connectivity index (χ0) is 13.5. The minimum absolute atomic E-state index is 0.111. The van der Waals surface area contributed by atoms with E-state index in [9.17, 15) is 4.79 Å². The zero-order valence-electron chi connectivity index (χ0n) is 10.9. The van der Waals surface area contributed by atoms with Crippen LogP contribution in [0, 0.1) is 18.3 Å². The highest BCUT2D eigenvalue weighted by Gasteiger charge is 2.22. The Morgan fingerprint density at radius 2 is 2.00 bits per heavy atom. The molecule has 0 aromatic heterocycles. The number of carbonyl (C=O) groups is 1. The Labute approximate surface area is 109 Å². The molecule has 1 amide bonds. The summed E-state index contributed by atoms with van der Waals surface area (Å²) in [7, 11) is 0. The van der Waals surface area contributed by atoms with Gasteiger partial charge in [-0.25, -0.2) is 0 Å². The molecule has 0 spiro atoms. The number of terminal acetylenes is 1. The van der Waals surface area contributed by atoms with Gasteiger partial charge < -0.3 is 11.1 Å². The maximum Gasteiger partial charge on any atom is 0.229 e. The Kier molecular flexibility index (Phi) is 5.41. The van der Waals surface area contributed by atoms with Crippen molar-refractivity contribution < 1.29 is 4.79 Å². The quantitative estimate of drug-likeness (QED) is 0.771. The summed E-state index contributed by atoms with van der Waals surface area (Å²) >= 11 is 0. The Bertz CT molecular complexity index is 420. The average Bonchev–Trinajstić information content (AvgIpc) is 2.37. The molecular weight excluding hydrogens is 224 g/mol. The first kappa shape index (κ1) is 14.3. The number of benzene rings is 1. The minimum atomic E-state index is -0.346. The van der Waals surface area contributed by atoms with Crippen LogP contribution in [-0.2, 0) is 4.79 Å². The highest BCUT2D eigenvalue weighted by Crippen LogP contribution is 2.15. The molecule has 2 unspecified atom stereocenters. The van der Waals surface area contributed by atoms with Crippen LogP contribution >= 0.6 is 0 Å². The number of nitrogens with one attached hydrogen (secondary N) is 1. The molecule has 1 rings (SSSR count). The van der Waals surface area contributed by atoms with Gasteiger partial charge in [0.1, 0.15) is 0 Å². The molecule has 1 aromatic carbocycles. The maximum absolute atomic E-state index is 12.2. The van der Waals surface area contributed by atoms with Gasteiger partial charge in [-0.2, -0.15) is 0 Å². The zero-order valence-corrected chi connectivity index (χ0v) is 10.9. The van der Waals surface area contributed by atoms with Crippen LogP contribution in [0.15, 0.2) is 30.3 Å². The van der Waals surface area contributed by atoms with E-state index in [0.717, 1.165) is 5.56 Å². The molecule has 0 aliphatic rings. The Hall–Kier alpha value is -1.79. The van der Waals surface area contributed by atoms with E-state index in [1.54, 1.807) is 0 Å². The van der Waals surface area contributed by atoms with E-state index in [1.807, 2.05) is 44.2 Å². The fraction of sp³-hybridized carbons (Fsp3) is 0.400. The average molecular weight is 244 g/mol. The molecule has 0 bridgehead atoms. The first-order valence-electron chi connectivity index (χ1n) is 6.11. The number of rotatable bonds is 5. The smallest absolute Gasteiger partial charge is 0.229 e. The highest BCUT2D eigenvalue weighted by atomic mass is 16.1. The molecule has 2 atom stereocenters. The molecule has 0 saturated carbocycles. The fourth-order valence-electron chi connectivity index (χ4n) is 1.73. The van der Waals surface area contributed by atoms with Crippen LogP contribution in [0.2, 0.25) is 0 Å². The maximum atomic E-state index is 12.2. The molecule has 1 aromatic rings. The lowest BCUT2D eigenvalue weighted by Gasteiger charge is -2.21. The van der Waals surface area contributed by atoms with E-state index in [-0.39, 0.29) is 30.3 Å². The predicted octanol–water partition coefficient (Wildman–Crippen LogP) is 1.50. The number of hydrogen-bond acceptors (Lipinski definition) is 2. The summed E-state index contributed by atoms with van der Waals surface area (Å²) in [6.07, 6.45) is 5.41. The topological polar surface area (TPSA) is 55.1 Å². The second kappa shape index (κ2) is 6.83. The van der Waals surface area contributed by atoms with E-state index < -0.39 is 0 Å². The van der Waals surface area contributed by atoms with Gasteiger partial charge in [-0.15, -0.1) is 6.42 Å². The van der Waals surface area contributed by atoms with Crippen molar-refractivity contribution in [3.05, 3.63) is 35.9 Å². The lowest BCUT2D eigenvalue weighted by Crippen LogP contribution is -2.42. The van der Waals surface area contributed by atoms with Gasteiger partial charge >= 0.3 is 0 Å². The summed E-state index contributed by atoms with van der Waals surface area (Å²) in [4.78, 5) is 12.2. The van der Waals surface area contributed by atoms with Crippen molar-refractivity contribution in [2.75, 3.05) is 6.54 Å². The van der Waals surface area contributed by atoms with Crippen LogP contribution < -0.4 is 11.1 Å². The SMILES string of the molecule is C#CC(NC(=O)C(CN)c1ccccc1)C(C)C. The van der Waals surface area contributed by atoms with Gasteiger partial charge in [0.25, 0.3) is 0 Å². The van der Waals surface area contributed by atoms with Gasteiger partial charge in [0.2, 0.25) is 5.91 Å². The van der Waals surface area contributed by atoms with Crippen LogP contribution in [0.5, 0.6) is 0 Å². The van der Waals surface area contributed by atoms with Crippen LogP contribution in [0.1, 0.15) is 25.3 Å². The number of hydrogen-bond donors (Lipinski definition) is 2. The van der Waals surface area contributed by atoms with Crippen molar-refractivity contribution in [3.8, 4) is 12.3 Å². The normalized spacial score (nSPS) is 13.7. The summed E-state index contributed by atoms with van der Waals surface area (Å²) in [6, 6.07) is 9.25. The van der Waals surface area contributed by atoms with Crippen molar-refractivity contribution in [2.45, 2.75) is 25.8 Å². The van der Waals surface area contributed by atoms with Crippen molar-refractivity contribution >= 4 is 5.91 Å². The van der Waals surface area contributed by atoms with Crippen molar-refractivity contribution in [1.82, 2.24) is 5.32 Å². The second-order valence-electron chi connectivity index (χ2n) is 4.60. The number of carbonyl (C=O) groups excluding carboxylic acids is 1. The van der Waals surface area contributed by atoms with E-state index in [0.29, 0.717) is 0 Å². The molecule has 0 saturated heterocycles. The van der Waals surface area contributed by atoms with E-state index >= 15 is 0 Å². The first-order valence-corrected chi connectivity index (χ1v) is 6.11. The molecule has 3 nitrogen and oxygen atoms in total. The third-order valence-electron chi connectivity index (χ3n) is 2.90. The lowest BCUT2D eigenvalue weighted by atomic mass is 9.97. The second-order valence-corrected chi connectivity index (χ2v) is 4.60. The van der Waals surface area contributed by atoms with Gasteiger partial charge in [-0.05, 0) is 11.5 Å². The first-order chi connectivity index (χ1) is 8.60. The molecule has 0 fully saturated rings.